The van der Waals surface area contributed by atoms with Crippen molar-refractivity contribution in [2.75, 3.05) is 10.9 Å². The molecule has 0 spiro atoms. The number of hydrogen-bond donors (Lipinski definition) is 2. The third kappa shape index (κ3) is 4.79. The van der Waals surface area contributed by atoms with Crippen LogP contribution in [0.5, 0.6) is 5.75 Å². The largest absolute Gasteiger partial charge is 0.482 e. The van der Waals surface area contributed by atoms with Crippen LogP contribution in [0.4, 0.5) is 5.69 Å². The maximum absolute atomic E-state index is 12.6. The molecule has 2 atom stereocenters. The molecule has 0 radical (unpaired) electrons. The van der Waals surface area contributed by atoms with Gasteiger partial charge in [0.05, 0.1) is 11.7 Å². The standard InChI is InChI=1S/C26H27NO5S/c1-17-7-3-4-8-20(17)21-14-13-19(15-18(21)2)27(33(30)31)24-11-5-10-23-22(24)9-6-12-25(23)32-16-26(28)29/h3-4,6-9,12-15,24H,5,10-11,16H2,1-2H3,(H,28,29)(H,30,31). The lowest BCUT2D eigenvalue weighted by molar-refractivity contribution is -0.139. The van der Waals surface area contributed by atoms with Gasteiger partial charge in [-0.1, -0.05) is 42.5 Å². The summed E-state index contributed by atoms with van der Waals surface area (Å²) in [6.07, 6.45) is 2.25. The van der Waals surface area contributed by atoms with Crippen LogP contribution < -0.4 is 9.04 Å². The summed E-state index contributed by atoms with van der Waals surface area (Å²) < 4.78 is 29.9. The Morgan fingerprint density at radius 2 is 1.82 bits per heavy atom. The van der Waals surface area contributed by atoms with E-state index in [0.717, 1.165) is 40.7 Å². The molecule has 1 aliphatic rings. The molecule has 2 unspecified atom stereocenters. The number of benzene rings is 3. The molecular formula is C26H27NO5S. The van der Waals surface area contributed by atoms with Crippen molar-refractivity contribution in [3.8, 4) is 16.9 Å². The normalized spacial score (nSPS) is 16.0. The summed E-state index contributed by atoms with van der Waals surface area (Å²) in [7, 11) is 0. The van der Waals surface area contributed by atoms with E-state index in [2.05, 4.69) is 19.1 Å². The zero-order chi connectivity index (χ0) is 23.5. The molecule has 0 bridgehead atoms. The van der Waals surface area contributed by atoms with Gasteiger partial charge in [-0.3, -0.25) is 8.86 Å². The Morgan fingerprint density at radius 3 is 2.52 bits per heavy atom. The predicted molar refractivity (Wildman–Crippen MR) is 130 cm³/mol. The zero-order valence-corrected chi connectivity index (χ0v) is 19.5. The number of fused-ring (bicyclic) bond motifs is 1. The predicted octanol–water partition coefficient (Wildman–Crippen LogP) is 5.45. The summed E-state index contributed by atoms with van der Waals surface area (Å²) in [5.41, 5.74) is 6.89. The van der Waals surface area contributed by atoms with Crippen molar-refractivity contribution in [1.82, 2.24) is 0 Å². The fourth-order valence-corrected chi connectivity index (χ4v) is 5.38. The maximum atomic E-state index is 12.6. The summed E-state index contributed by atoms with van der Waals surface area (Å²) in [6.45, 7) is 3.66. The van der Waals surface area contributed by atoms with Crippen LogP contribution in [0.1, 0.15) is 41.1 Å². The Morgan fingerprint density at radius 1 is 1.06 bits per heavy atom. The highest BCUT2D eigenvalue weighted by atomic mass is 32.2. The lowest BCUT2D eigenvalue weighted by atomic mass is 9.86. The lowest BCUT2D eigenvalue weighted by Gasteiger charge is -2.35. The molecular weight excluding hydrogens is 438 g/mol. The third-order valence-corrected chi connectivity index (χ3v) is 6.94. The van der Waals surface area contributed by atoms with Crippen molar-refractivity contribution < 1.29 is 23.4 Å². The molecule has 3 aromatic carbocycles. The number of carboxylic acid groups (broad SMARTS) is 1. The van der Waals surface area contributed by atoms with E-state index in [9.17, 15) is 13.6 Å². The average Bonchev–Trinajstić information content (AvgIpc) is 2.78. The molecule has 2 N–H and O–H groups in total. The van der Waals surface area contributed by atoms with E-state index < -0.39 is 23.8 Å². The molecule has 4 rings (SSSR count). The van der Waals surface area contributed by atoms with E-state index in [-0.39, 0.29) is 6.04 Å². The van der Waals surface area contributed by atoms with Gasteiger partial charge in [0.2, 0.25) is 0 Å². The Kier molecular flexibility index (Phi) is 6.81. The van der Waals surface area contributed by atoms with Crippen molar-refractivity contribution in [2.45, 2.75) is 39.2 Å². The van der Waals surface area contributed by atoms with Crippen LogP contribution in [0, 0.1) is 13.8 Å². The number of carbonyl (C=O) groups is 1. The quantitative estimate of drug-likeness (QED) is 0.453. The summed E-state index contributed by atoms with van der Waals surface area (Å²) >= 11 is -2.24. The summed E-state index contributed by atoms with van der Waals surface area (Å²) in [4.78, 5) is 11.0. The number of nitrogens with zero attached hydrogens (tertiary/aromatic N) is 1. The number of anilines is 1. The van der Waals surface area contributed by atoms with Crippen LogP contribution in [-0.4, -0.2) is 26.4 Å². The topological polar surface area (TPSA) is 87.1 Å². The van der Waals surface area contributed by atoms with Crippen molar-refractivity contribution >= 4 is 22.9 Å². The summed E-state index contributed by atoms with van der Waals surface area (Å²) in [5.74, 6) is -0.517. The highest BCUT2D eigenvalue weighted by molar-refractivity contribution is 7.80. The molecule has 1 aliphatic carbocycles. The van der Waals surface area contributed by atoms with E-state index in [0.29, 0.717) is 17.9 Å². The number of rotatable bonds is 7. The first-order valence-corrected chi connectivity index (χ1v) is 12.0. The van der Waals surface area contributed by atoms with Crippen molar-refractivity contribution in [3.05, 3.63) is 82.9 Å². The monoisotopic (exact) mass is 465 g/mol. The van der Waals surface area contributed by atoms with Crippen molar-refractivity contribution in [2.24, 2.45) is 0 Å². The zero-order valence-electron chi connectivity index (χ0n) is 18.7. The molecule has 7 heteroatoms. The lowest BCUT2D eigenvalue weighted by Crippen LogP contribution is -2.33. The molecule has 3 aromatic rings. The van der Waals surface area contributed by atoms with Crippen LogP contribution in [-0.2, 0) is 22.5 Å². The molecule has 0 aliphatic heterocycles. The van der Waals surface area contributed by atoms with E-state index >= 15 is 0 Å². The average molecular weight is 466 g/mol. The second-order valence-corrected chi connectivity index (χ2v) is 9.14. The van der Waals surface area contributed by atoms with Gasteiger partial charge in [-0.2, -0.15) is 0 Å². The molecule has 33 heavy (non-hydrogen) atoms. The van der Waals surface area contributed by atoms with E-state index in [1.807, 2.05) is 43.3 Å². The second-order valence-electron chi connectivity index (χ2n) is 8.29. The molecule has 172 valence electrons. The molecule has 0 aromatic heterocycles. The number of aliphatic carboxylic acids is 1. The molecule has 0 fully saturated rings. The molecule has 0 heterocycles. The van der Waals surface area contributed by atoms with E-state index in [1.165, 1.54) is 9.87 Å². The molecule has 0 saturated heterocycles. The highest BCUT2D eigenvalue weighted by Gasteiger charge is 2.31. The number of aryl methyl sites for hydroxylation is 2. The highest BCUT2D eigenvalue weighted by Crippen LogP contribution is 2.42. The summed E-state index contributed by atoms with van der Waals surface area (Å²) in [6, 6.07) is 19.2. The van der Waals surface area contributed by atoms with Gasteiger partial charge in [-0.15, -0.1) is 0 Å². The van der Waals surface area contributed by atoms with Gasteiger partial charge < -0.3 is 9.84 Å². The minimum absolute atomic E-state index is 0.323. The van der Waals surface area contributed by atoms with Crippen LogP contribution >= 0.6 is 0 Å². The SMILES string of the molecule is Cc1ccccc1-c1ccc(N(C2CCCc3c(OCC(=O)O)cccc32)S(=O)O)cc1C. The Hall–Kier alpha value is -3.16. The first-order valence-electron chi connectivity index (χ1n) is 10.9. The van der Waals surface area contributed by atoms with Gasteiger partial charge in [-0.05, 0) is 84.7 Å². The van der Waals surface area contributed by atoms with Gasteiger partial charge in [0.15, 0.2) is 6.61 Å². The van der Waals surface area contributed by atoms with Crippen LogP contribution in [0.3, 0.4) is 0 Å². The molecule has 0 amide bonds. The van der Waals surface area contributed by atoms with Crippen molar-refractivity contribution in [1.29, 1.82) is 0 Å². The number of carboxylic acids is 1. The van der Waals surface area contributed by atoms with Crippen LogP contribution in [0.2, 0.25) is 0 Å². The maximum Gasteiger partial charge on any atom is 0.341 e. The van der Waals surface area contributed by atoms with Crippen LogP contribution in [0.25, 0.3) is 11.1 Å². The Labute approximate surface area is 196 Å². The fourth-order valence-electron chi connectivity index (χ4n) is 4.65. The molecule has 6 nitrogen and oxygen atoms in total. The smallest absolute Gasteiger partial charge is 0.341 e. The third-order valence-electron chi connectivity index (χ3n) is 6.13. The number of ether oxygens (including phenoxy) is 1. The number of hydrogen-bond acceptors (Lipinski definition) is 3. The van der Waals surface area contributed by atoms with Gasteiger partial charge in [-0.25, -0.2) is 9.00 Å². The molecule has 0 saturated carbocycles. The van der Waals surface area contributed by atoms with Gasteiger partial charge in [0.25, 0.3) is 11.3 Å². The first-order chi connectivity index (χ1) is 15.9. The van der Waals surface area contributed by atoms with Gasteiger partial charge in [0.1, 0.15) is 5.75 Å². The van der Waals surface area contributed by atoms with Crippen molar-refractivity contribution in [3.63, 3.8) is 0 Å². The Bertz CT molecular complexity index is 1210. The second kappa shape index (κ2) is 9.77. The van der Waals surface area contributed by atoms with E-state index in [4.69, 9.17) is 9.84 Å². The first kappa shape index (κ1) is 23.0. The minimum Gasteiger partial charge on any atom is -0.482 e. The Balaban J connectivity index is 1.72. The van der Waals surface area contributed by atoms with Gasteiger partial charge in [0, 0.05) is 0 Å². The fraction of sp³-hybridized carbons (Fsp3) is 0.269. The van der Waals surface area contributed by atoms with Gasteiger partial charge >= 0.3 is 5.97 Å². The summed E-state index contributed by atoms with van der Waals surface area (Å²) in [5, 5.41) is 8.98. The van der Waals surface area contributed by atoms with Crippen LogP contribution in [0.15, 0.2) is 60.7 Å². The van der Waals surface area contributed by atoms with E-state index in [1.54, 1.807) is 12.1 Å². The minimum atomic E-state index is -2.24.